The molecule has 12 heteroatoms. The van der Waals surface area contributed by atoms with Crippen LogP contribution in [0.4, 0.5) is 13.2 Å². The summed E-state index contributed by atoms with van der Waals surface area (Å²) < 4.78 is 47.9. The standard InChI is InChI=1S/C22H18ClF3N2O4S2/c1-2-32-16(29)11-34-20-13(10-27)17(12-6-3-4-7-14(12)23)18(19(30)15-8-5-9-33-15)21(31,28-20)22(24,25)26/h3-9,13,17-18,31H,2,11H2,1H3/t13?,17-,18+,21+/m1/s1. The molecule has 0 aliphatic carbocycles. The van der Waals surface area contributed by atoms with E-state index in [-0.39, 0.29) is 22.1 Å². The minimum atomic E-state index is -5.37. The SMILES string of the molecule is CCOC(=O)CSC1=N[C@@](O)(C(F)(F)F)[C@H](C(=O)c2cccs2)[C@H](c2ccccc2Cl)C1C#N. The third-order valence-corrected chi connectivity index (χ3v) is 7.46. The van der Waals surface area contributed by atoms with Crippen LogP contribution in [-0.4, -0.2) is 46.2 Å². The molecule has 1 aliphatic rings. The van der Waals surface area contributed by atoms with Crippen molar-refractivity contribution in [2.75, 3.05) is 12.4 Å². The van der Waals surface area contributed by atoms with E-state index in [9.17, 15) is 33.1 Å². The summed E-state index contributed by atoms with van der Waals surface area (Å²) in [5.41, 5.74) is -3.78. The molecule has 6 nitrogen and oxygen atoms in total. The van der Waals surface area contributed by atoms with Crippen molar-refractivity contribution in [2.45, 2.75) is 24.7 Å². The molecule has 34 heavy (non-hydrogen) atoms. The molecule has 3 rings (SSSR count). The molecule has 1 unspecified atom stereocenters. The summed E-state index contributed by atoms with van der Waals surface area (Å²) in [7, 11) is 0. The number of thiophene rings is 1. The number of hydrogen-bond donors (Lipinski definition) is 1. The number of benzene rings is 1. The normalized spacial score (nSPS) is 24.7. The molecule has 0 radical (unpaired) electrons. The van der Waals surface area contributed by atoms with Crippen molar-refractivity contribution in [3.8, 4) is 6.07 Å². The highest BCUT2D eigenvalue weighted by Crippen LogP contribution is 2.53. The van der Waals surface area contributed by atoms with E-state index in [1.165, 1.54) is 35.7 Å². The molecule has 0 bridgehead atoms. The lowest BCUT2D eigenvalue weighted by Gasteiger charge is -2.44. The summed E-state index contributed by atoms with van der Waals surface area (Å²) in [5, 5.41) is 22.1. The summed E-state index contributed by atoms with van der Waals surface area (Å²) in [4.78, 5) is 28.7. The van der Waals surface area contributed by atoms with Crippen molar-refractivity contribution < 1.29 is 32.6 Å². The lowest BCUT2D eigenvalue weighted by molar-refractivity contribution is -0.274. The molecule has 2 aromatic rings. The fraction of sp³-hybridized carbons (Fsp3) is 0.364. The molecule has 1 aromatic carbocycles. The number of esters is 1. The Balaban J connectivity index is 2.25. The minimum Gasteiger partial charge on any atom is -0.465 e. The van der Waals surface area contributed by atoms with E-state index in [0.29, 0.717) is 11.8 Å². The van der Waals surface area contributed by atoms with Gasteiger partial charge in [-0.1, -0.05) is 47.6 Å². The van der Waals surface area contributed by atoms with Crippen molar-refractivity contribution in [2.24, 2.45) is 16.8 Å². The second kappa shape index (κ2) is 10.5. The molecule has 1 aliphatic heterocycles. The van der Waals surface area contributed by atoms with Gasteiger partial charge in [0.25, 0.3) is 5.72 Å². The van der Waals surface area contributed by atoms with E-state index in [1.807, 2.05) is 6.07 Å². The summed E-state index contributed by atoms with van der Waals surface area (Å²) in [6, 6.07) is 10.6. The molecule has 0 saturated heterocycles. The van der Waals surface area contributed by atoms with Crippen LogP contribution in [-0.2, 0) is 9.53 Å². The Kier molecular flexibility index (Phi) is 8.08. The first-order valence-corrected chi connectivity index (χ1v) is 12.2. The average Bonchev–Trinajstić information content (AvgIpc) is 3.32. The maximum atomic E-state index is 14.4. The summed E-state index contributed by atoms with van der Waals surface area (Å²) in [6.45, 7) is 1.62. The number of ether oxygens (including phenoxy) is 1. The van der Waals surface area contributed by atoms with Crippen LogP contribution in [0, 0.1) is 23.2 Å². The molecular weight excluding hydrogens is 513 g/mol. The third kappa shape index (κ3) is 5.00. The summed E-state index contributed by atoms with van der Waals surface area (Å²) in [5.74, 6) is -7.26. The zero-order valence-electron chi connectivity index (χ0n) is 17.6. The van der Waals surface area contributed by atoms with Gasteiger partial charge in [0.2, 0.25) is 0 Å². The first-order valence-electron chi connectivity index (χ1n) is 9.94. The van der Waals surface area contributed by atoms with E-state index in [4.69, 9.17) is 16.3 Å². The van der Waals surface area contributed by atoms with Crippen LogP contribution in [0.1, 0.15) is 28.1 Å². The Morgan fingerprint density at radius 2 is 2.03 bits per heavy atom. The minimum absolute atomic E-state index is 0.0258. The van der Waals surface area contributed by atoms with Gasteiger partial charge in [0.05, 0.1) is 34.3 Å². The fourth-order valence-electron chi connectivity index (χ4n) is 3.76. The van der Waals surface area contributed by atoms with Gasteiger partial charge in [-0.2, -0.15) is 18.4 Å². The zero-order valence-corrected chi connectivity index (χ0v) is 20.0. The molecule has 0 amide bonds. The molecule has 0 saturated carbocycles. The Hall–Kier alpha value is -2.39. The van der Waals surface area contributed by atoms with Crippen LogP contribution < -0.4 is 0 Å². The second-order valence-corrected chi connectivity index (χ2v) is 9.59. The maximum Gasteiger partial charge on any atom is 0.439 e. The molecule has 1 aromatic heterocycles. The topological polar surface area (TPSA) is 99.8 Å². The van der Waals surface area contributed by atoms with Crippen molar-refractivity contribution in [3.05, 3.63) is 57.2 Å². The van der Waals surface area contributed by atoms with Crippen molar-refractivity contribution >= 4 is 51.5 Å². The fourth-order valence-corrected chi connectivity index (χ4v) is 5.66. The van der Waals surface area contributed by atoms with Gasteiger partial charge in [0, 0.05) is 10.9 Å². The second-order valence-electron chi connectivity index (χ2n) is 7.24. The van der Waals surface area contributed by atoms with Crippen molar-refractivity contribution in [3.63, 3.8) is 0 Å². The van der Waals surface area contributed by atoms with Gasteiger partial charge >= 0.3 is 12.1 Å². The third-order valence-electron chi connectivity index (χ3n) is 5.21. The molecule has 0 spiro atoms. The number of hydrogen-bond acceptors (Lipinski definition) is 8. The van der Waals surface area contributed by atoms with Crippen molar-refractivity contribution in [1.29, 1.82) is 5.26 Å². The van der Waals surface area contributed by atoms with Crippen LogP contribution in [0.2, 0.25) is 5.02 Å². The van der Waals surface area contributed by atoms with Crippen LogP contribution in [0.3, 0.4) is 0 Å². The number of nitriles is 1. The van der Waals surface area contributed by atoms with Crippen LogP contribution in [0.15, 0.2) is 46.8 Å². The Morgan fingerprint density at radius 3 is 2.59 bits per heavy atom. The van der Waals surface area contributed by atoms with Gasteiger partial charge < -0.3 is 9.84 Å². The van der Waals surface area contributed by atoms with Gasteiger partial charge in [-0.25, -0.2) is 4.99 Å². The number of Topliss-reactive ketones (excluding diaryl/α,β-unsaturated/α-hetero) is 1. The molecule has 2 heterocycles. The Labute approximate surface area is 206 Å². The smallest absolute Gasteiger partial charge is 0.439 e. The first kappa shape index (κ1) is 26.2. The average molecular weight is 531 g/mol. The summed E-state index contributed by atoms with van der Waals surface area (Å²) in [6.07, 6.45) is -5.37. The summed E-state index contributed by atoms with van der Waals surface area (Å²) >= 11 is 7.76. The highest BCUT2D eigenvalue weighted by Gasteiger charge is 2.67. The number of thioether (sulfide) groups is 1. The number of aliphatic hydroxyl groups is 1. The lowest BCUT2D eigenvalue weighted by Crippen LogP contribution is -2.59. The van der Waals surface area contributed by atoms with Crippen molar-refractivity contribution in [1.82, 2.24) is 0 Å². The number of rotatable bonds is 6. The van der Waals surface area contributed by atoms with E-state index in [1.54, 1.807) is 13.0 Å². The molecule has 1 N–H and O–H groups in total. The number of carbonyl (C=O) groups is 2. The number of halogens is 4. The monoisotopic (exact) mass is 530 g/mol. The predicted octanol–water partition coefficient (Wildman–Crippen LogP) is 5.08. The maximum absolute atomic E-state index is 14.4. The quantitative estimate of drug-likeness (QED) is 0.413. The first-order chi connectivity index (χ1) is 16.0. The Bertz CT molecular complexity index is 1130. The van der Waals surface area contributed by atoms with Gasteiger partial charge in [-0.15, -0.1) is 11.3 Å². The molecule has 4 atom stereocenters. The number of nitrogens with zero attached hydrogens (tertiary/aromatic N) is 2. The highest BCUT2D eigenvalue weighted by molar-refractivity contribution is 8.14. The lowest BCUT2D eigenvalue weighted by atomic mass is 9.68. The number of aliphatic imine (C=N–C) groups is 1. The largest absolute Gasteiger partial charge is 0.465 e. The van der Waals surface area contributed by atoms with Crippen LogP contribution >= 0.6 is 34.7 Å². The van der Waals surface area contributed by atoms with E-state index in [2.05, 4.69) is 4.99 Å². The number of carbonyl (C=O) groups excluding carboxylic acids is 2. The van der Waals surface area contributed by atoms with Gasteiger partial charge in [-0.05, 0) is 30.0 Å². The Morgan fingerprint density at radius 1 is 1.32 bits per heavy atom. The van der Waals surface area contributed by atoms with Gasteiger partial charge in [0.1, 0.15) is 5.92 Å². The van der Waals surface area contributed by atoms with E-state index >= 15 is 0 Å². The van der Waals surface area contributed by atoms with Crippen LogP contribution in [0.5, 0.6) is 0 Å². The van der Waals surface area contributed by atoms with Gasteiger partial charge in [0.15, 0.2) is 5.78 Å². The van der Waals surface area contributed by atoms with Gasteiger partial charge in [-0.3, -0.25) is 9.59 Å². The number of alkyl halides is 3. The zero-order chi connectivity index (χ0) is 25.1. The molecular formula is C22H18ClF3N2O4S2. The van der Waals surface area contributed by atoms with E-state index < -0.39 is 52.2 Å². The highest BCUT2D eigenvalue weighted by atomic mass is 35.5. The number of ketones is 1. The molecule has 180 valence electrons. The molecule has 0 fully saturated rings. The predicted molar refractivity (Wildman–Crippen MR) is 123 cm³/mol. The van der Waals surface area contributed by atoms with Crippen LogP contribution in [0.25, 0.3) is 0 Å². The van der Waals surface area contributed by atoms with E-state index in [0.717, 1.165) is 11.3 Å².